The van der Waals surface area contributed by atoms with Gasteiger partial charge in [-0.3, -0.25) is 19.2 Å². The van der Waals surface area contributed by atoms with Crippen LogP contribution in [0.5, 0.6) is 0 Å². The number of aromatic nitrogens is 2. The van der Waals surface area contributed by atoms with Crippen LogP contribution in [0.4, 0.5) is 22.0 Å². The molecule has 0 unspecified atom stereocenters. The van der Waals surface area contributed by atoms with E-state index in [1.54, 1.807) is 0 Å². The molecule has 0 saturated carbocycles. The van der Waals surface area contributed by atoms with Gasteiger partial charge in [-0.1, -0.05) is 0 Å². The minimum absolute atomic E-state index is 0.287. The molecule has 36 heavy (non-hydrogen) atoms. The van der Waals surface area contributed by atoms with Crippen molar-refractivity contribution in [3.8, 4) is 17.4 Å². The van der Waals surface area contributed by atoms with Gasteiger partial charge in [-0.15, -0.1) is 0 Å². The van der Waals surface area contributed by atoms with Crippen molar-refractivity contribution in [2.75, 3.05) is 0 Å². The SMILES string of the molecule is N#Cc1c2c(=O)n(-c3ccc(F)cc3)c(=O)c2c(C(F)(F)F)c2c(=O)n(-c3ccc(F)cc3)c(=O)c12. The van der Waals surface area contributed by atoms with Crippen LogP contribution in [0.3, 0.4) is 0 Å². The number of nitrogens with zero attached hydrogens (tertiary/aromatic N) is 3. The van der Waals surface area contributed by atoms with Crippen molar-refractivity contribution in [1.82, 2.24) is 9.13 Å². The van der Waals surface area contributed by atoms with Gasteiger partial charge in [0.05, 0.1) is 44.0 Å². The second kappa shape index (κ2) is 7.54. The lowest BCUT2D eigenvalue weighted by Crippen LogP contribution is -2.25. The van der Waals surface area contributed by atoms with Crippen LogP contribution in [0.2, 0.25) is 0 Å². The van der Waals surface area contributed by atoms with Crippen molar-refractivity contribution in [3.63, 3.8) is 0 Å². The average molecular weight is 497 g/mol. The van der Waals surface area contributed by atoms with E-state index in [4.69, 9.17) is 0 Å². The minimum Gasteiger partial charge on any atom is -0.268 e. The smallest absolute Gasteiger partial charge is 0.268 e. The Morgan fingerprint density at radius 3 is 1.25 bits per heavy atom. The first kappa shape index (κ1) is 22.9. The predicted octanol–water partition coefficient (Wildman–Crippen LogP) is 3.06. The van der Waals surface area contributed by atoms with Gasteiger partial charge in [0.15, 0.2) is 0 Å². The van der Waals surface area contributed by atoms with Crippen molar-refractivity contribution in [3.05, 3.63) is 113 Å². The summed E-state index contributed by atoms with van der Waals surface area (Å²) in [7, 11) is 0. The van der Waals surface area contributed by atoms with Crippen molar-refractivity contribution in [2.45, 2.75) is 6.18 Å². The highest BCUT2D eigenvalue weighted by Gasteiger charge is 2.42. The van der Waals surface area contributed by atoms with Crippen molar-refractivity contribution in [1.29, 1.82) is 5.26 Å². The molecule has 0 saturated heterocycles. The van der Waals surface area contributed by atoms with Crippen LogP contribution in [-0.2, 0) is 6.18 Å². The number of fused-ring (bicyclic) bond motifs is 2. The first-order valence-corrected chi connectivity index (χ1v) is 9.97. The first-order valence-electron chi connectivity index (χ1n) is 9.97. The molecule has 0 aliphatic rings. The van der Waals surface area contributed by atoms with Gasteiger partial charge < -0.3 is 0 Å². The molecule has 0 aliphatic carbocycles. The minimum atomic E-state index is -5.41. The van der Waals surface area contributed by atoms with E-state index in [0.29, 0.717) is 9.13 Å². The molecule has 0 aliphatic heterocycles. The number of rotatable bonds is 2. The first-order chi connectivity index (χ1) is 17.0. The molecule has 2 aromatic heterocycles. The van der Waals surface area contributed by atoms with Gasteiger partial charge in [-0.05, 0) is 48.5 Å². The van der Waals surface area contributed by atoms with Gasteiger partial charge in [0.2, 0.25) is 0 Å². The molecule has 12 heteroatoms. The number of hydrogen-bond acceptors (Lipinski definition) is 5. The van der Waals surface area contributed by atoms with Gasteiger partial charge in [0, 0.05) is 0 Å². The Labute approximate surface area is 194 Å². The molecule has 7 nitrogen and oxygen atoms in total. The van der Waals surface area contributed by atoms with Crippen LogP contribution < -0.4 is 22.2 Å². The van der Waals surface area contributed by atoms with E-state index in [1.807, 2.05) is 0 Å². The molecule has 178 valence electrons. The number of benzene rings is 3. The predicted molar refractivity (Wildman–Crippen MR) is 117 cm³/mol. The van der Waals surface area contributed by atoms with Crippen LogP contribution >= 0.6 is 0 Å². The maximum Gasteiger partial charge on any atom is 0.418 e. The molecule has 0 atom stereocenters. The third kappa shape index (κ3) is 3.02. The highest BCUT2D eigenvalue weighted by atomic mass is 19.4. The Morgan fingerprint density at radius 2 is 0.944 bits per heavy atom. The Morgan fingerprint density at radius 1 is 0.611 bits per heavy atom. The van der Waals surface area contributed by atoms with Crippen LogP contribution in [-0.4, -0.2) is 9.13 Å². The van der Waals surface area contributed by atoms with E-state index >= 15 is 0 Å². The Bertz CT molecular complexity index is 1840. The summed E-state index contributed by atoms with van der Waals surface area (Å²) in [5, 5.41) is 5.22. The fourth-order valence-corrected chi connectivity index (χ4v) is 4.28. The molecular formula is C24H8F5N3O4. The van der Waals surface area contributed by atoms with Crippen LogP contribution in [0.15, 0.2) is 67.7 Å². The summed E-state index contributed by atoms with van der Waals surface area (Å²) in [6, 6.07) is 8.81. The molecule has 5 aromatic rings. The molecular weight excluding hydrogens is 489 g/mol. The lowest BCUT2D eigenvalue weighted by Gasteiger charge is -2.09. The van der Waals surface area contributed by atoms with Gasteiger partial charge in [-0.2, -0.15) is 18.4 Å². The van der Waals surface area contributed by atoms with Crippen LogP contribution in [0, 0.1) is 23.0 Å². The molecule has 0 spiro atoms. The molecule has 0 radical (unpaired) electrons. The molecule has 0 N–H and O–H groups in total. The summed E-state index contributed by atoms with van der Waals surface area (Å²) in [4.78, 5) is 52.7. The summed E-state index contributed by atoms with van der Waals surface area (Å²) < 4.78 is 70.3. The van der Waals surface area contributed by atoms with Gasteiger partial charge >= 0.3 is 6.18 Å². The van der Waals surface area contributed by atoms with Gasteiger partial charge in [0.1, 0.15) is 17.7 Å². The Kier molecular flexibility index (Phi) is 4.79. The van der Waals surface area contributed by atoms with Crippen LogP contribution in [0.1, 0.15) is 11.1 Å². The number of alkyl halides is 3. The second-order valence-corrected chi connectivity index (χ2v) is 7.70. The number of hydrogen-bond donors (Lipinski definition) is 0. The van der Waals surface area contributed by atoms with E-state index in [-0.39, 0.29) is 11.4 Å². The van der Waals surface area contributed by atoms with E-state index in [1.165, 1.54) is 6.07 Å². The fourth-order valence-electron chi connectivity index (χ4n) is 4.28. The summed E-state index contributed by atoms with van der Waals surface area (Å²) >= 11 is 0. The molecule has 0 fully saturated rings. The Balaban J connectivity index is 2.08. The van der Waals surface area contributed by atoms with Crippen LogP contribution in [0.25, 0.3) is 32.9 Å². The standard InChI is InChI=1S/C24H8F5N3O4/c25-10-1-5-12(6-2-10)31-20(33)15-14(9-30)16-18(19(24(27,28)29)17(15)22(31)35)23(36)32(21(16)34)13-7-3-11(26)4-8-13/h1-8H. The maximum atomic E-state index is 14.4. The van der Waals surface area contributed by atoms with Gasteiger partial charge in [-0.25, -0.2) is 17.9 Å². The van der Waals surface area contributed by atoms with E-state index in [2.05, 4.69) is 0 Å². The van der Waals surface area contributed by atoms with Crippen molar-refractivity contribution < 1.29 is 22.0 Å². The van der Waals surface area contributed by atoms with Gasteiger partial charge in [0.25, 0.3) is 22.2 Å². The van der Waals surface area contributed by atoms with E-state index < -0.39 is 72.7 Å². The lowest BCUT2D eigenvalue weighted by atomic mass is 9.97. The zero-order valence-electron chi connectivity index (χ0n) is 17.5. The monoisotopic (exact) mass is 497 g/mol. The molecule has 2 heterocycles. The normalized spacial score (nSPS) is 11.9. The summed E-state index contributed by atoms with van der Waals surface area (Å²) in [6.45, 7) is 0. The second-order valence-electron chi connectivity index (χ2n) is 7.70. The maximum absolute atomic E-state index is 14.4. The molecule has 3 aromatic carbocycles. The Hall–Kier alpha value is -4.92. The number of nitriles is 1. The quantitative estimate of drug-likeness (QED) is 0.349. The zero-order valence-corrected chi connectivity index (χ0v) is 17.5. The topological polar surface area (TPSA) is 102 Å². The highest BCUT2D eigenvalue weighted by molar-refractivity contribution is 6.08. The van der Waals surface area contributed by atoms with E-state index in [0.717, 1.165) is 48.5 Å². The third-order valence-electron chi connectivity index (χ3n) is 5.73. The summed E-state index contributed by atoms with van der Waals surface area (Å²) in [6.07, 6.45) is -5.41. The molecule has 0 bridgehead atoms. The van der Waals surface area contributed by atoms with E-state index in [9.17, 15) is 46.4 Å². The van der Waals surface area contributed by atoms with Crippen molar-refractivity contribution >= 4 is 21.5 Å². The third-order valence-corrected chi connectivity index (χ3v) is 5.73. The summed E-state index contributed by atoms with van der Waals surface area (Å²) in [5.41, 5.74) is -9.03. The molecule has 5 rings (SSSR count). The summed E-state index contributed by atoms with van der Waals surface area (Å²) in [5.74, 6) is -1.50. The number of halogens is 5. The molecule has 0 amide bonds. The fraction of sp³-hybridized carbons (Fsp3) is 0.0417. The van der Waals surface area contributed by atoms with Crippen molar-refractivity contribution in [2.24, 2.45) is 0 Å². The zero-order chi connectivity index (χ0) is 26.1. The largest absolute Gasteiger partial charge is 0.418 e. The lowest BCUT2D eigenvalue weighted by molar-refractivity contribution is -0.135. The highest BCUT2D eigenvalue weighted by Crippen LogP contribution is 2.39. The average Bonchev–Trinajstić information content (AvgIpc) is 3.23.